The van der Waals surface area contributed by atoms with Crippen LogP contribution in [-0.2, 0) is 6.42 Å². The molecule has 4 heteroatoms. The van der Waals surface area contributed by atoms with Crippen LogP contribution in [0.2, 0.25) is 0 Å². The summed E-state index contributed by atoms with van der Waals surface area (Å²) in [5.74, 6) is -0.348. The smallest absolute Gasteiger partial charge is 0.258 e. The van der Waals surface area contributed by atoms with E-state index in [0.717, 1.165) is 18.5 Å². The molecular formula is C23H26FN2O+. The highest BCUT2D eigenvalue weighted by molar-refractivity contribution is 5.95. The highest BCUT2D eigenvalue weighted by atomic mass is 19.1. The SMILES string of the molecule is C[NH+]1[C@H]2CC[C@@H]1C=C(N(CCc1ccccc1)C(=O)c1ccc(F)cc1)C2. The first-order chi connectivity index (χ1) is 13.1. The summed E-state index contributed by atoms with van der Waals surface area (Å²) in [5.41, 5.74) is 2.90. The summed E-state index contributed by atoms with van der Waals surface area (Å²) in [5, 5.41) is 0. The summed E-state index contributed by atoms with van der Waals surface area (Å²) in [7, 11) is 2.26. The topological polar surface area (TPSA) is 24.8 Å². The molecular weight excluding hydrogens is 339 g/mol. The number of amides is 1. The maximum absolute atomic E-state index is 13.3. The Morgan fingerprint density at radius 2 is 1.85 bits per heavy atom. The van der Waals surface area contributed by atoms with Crippen molar-refractivity contribution in [2.45, 2.75) is 37.8 Å². The fourth-order valence-electron chi connectivity index (χ4n) is 4.38. The molecule has 2 aliphatic heterocycles. The zero-order valence-electron chi connectivity index (χ0n) is 15.7. The average molecular weight is 365 g/mol. The summed E-state index contributed by atoms with van der Waals surface area (Å²) in [6.45, 7) is 0.643. The maximum atomic E-state index is 13.3. The molecule has 3 atom stereocenters. The van der Waals surface area contributed by atoms with Crippen LogP contribution in [0.3, 0.4) is 0 Å². The number of carbonyl (C=O) groups excluding carboxylic acids is 1. The molecule has 2 aromatic carbocycles. The molecule has 0 spiro atoms. The number of hydrogen-bond donors (Lipinski definition) is 1. The van der Waals surface area contributed by atoms with E-state index in [0.29, 0.717) is 24.2 Å². The number of rotatable bonds is 5. The van der Waals surface area contributed by atoms with E-state index in [4.69, 9.17) is 0 Å². The summed E-state index contributed by atoms with van der Waals surface area (Å²) >= 11 is 0. The van der Waals surface area contributed by atoms with Crippen molar-refractivity contribution >= 4 is 5.91 Å². The van der Waals surface area contributed by atoms with Crippen molar-refractivity contribution < 1.29 is 14.1 Å². The van der Waals surface area contributed by atoms with Crippen LogP contribution in [0.15, 0.2) is 66.4 Å². The Balaban J connectivity index is 1.59. The number of quaternary nitrogens is 1. The predicted octanol–water partition coefficient (Wildman–Crippen LogP) is 2.84. The molecule has 1 fully saturated rings. The lowest BCUT2D eigenvalue weighted by Gasteiger charge is -2.33. The standard InChI is InChI=1S/C23H25FN2O/c1-25-20-11-12-21(25)16-22(15-20)26(14-13-17-5-3-2-4-6-17)23(27)18-7-9-19(24)10-8-18/h2-10,15,20-21H,11-14,16H2,1H3/p+1/t20-,21+/m1/s1. The Morgan fingerprint density at radius 1 is 1.11 bits per heavy atom. The van der Waals surface area contributed by atoms with Crippen molar-refractivity contribution in [3.8, 4) is 0 Å². The van der Waals surface area contributed by atoms with Crippen LogP contribution in [0.1, 0.15) is 35.2 Å². The second kappa shape index (κ2) is 7.65. The molecule has 4 rings (SSSR count). The van der Waals surface area contributed by atoms with Crippen molar-refractivity contribution in [2.24, 2.45) is 0 Å². The number of halogens is 1. The third-order valence-electron chi connectivity index (χ3n) is 6.05. The minimum absolute atomic E-state index is 0.0314. The van der Waals surface area contributed by atoms with Gasteiger partial charge >= 0.3 is 0 Å². The number of nitrogens with zero attached hydrogens (tertiary/aromatic N) is 1. The molecule has 0 saturated carbocycles. The lowest BCUT2D eigenvalue weighted by Crippen LogP contribution is -3.14. The number of hydrogen-bond acceptors (Lipinski definition) is 1. The summed E-state index contributed by atoms with van der Waals surface area (Å²) < 4.78 is 13.3. The Kier molecular flexibility index (Phi) is 5.08. The van der Waals surface area contributed by atoms with Gasteiger partial charge < -0.3 is 9.80 Å². The van der Waals surface area contributed by atoms with Crippen molar-refractivity contribution in [1.82, 2.24) is 4.90 Å². The van der Waals surface area contributed by atoms with Crippen molar-refractivity contribution in [1.29, 1.82) is 0 Å². The Hall–Kier alpha value is -2.46. The van der Waals surface area contributed by atoms with Gasteiger partial charge in [0, 0.05) is 37.1 Å². The highest BCUT2D eigenvalue weighted by Crippen LogP contribution is 2.26. The zero-order chi connectivity index (χ0) is 18.8. The summed E-state index contributed by atoms with van der Waals surface area (Å²) in [4.78, 5) is 16.7. The summed E-state index contributed by atoms with van der Waals surface area (Å²) in [6, 6.07) is 17.2. The van der Waals surface area contributed by atoms with E-state index >= 15 is 0 Å². The van der Waals surface area contributed by atoms with Gasteiger partial charge in [-0.2, -0.15) is 0 Å². The van der Waals surface area contributed by atoms with Gasteiger partial charge in [-0.1, -0.05) is 30.3 Å². The number of nitrogens with one attached hydrogen (secondary N) is 1. The molecule has 1 unspecified atom stereocenters. The van der Waals surface area contributed by atoms with Crippen LogP contribution < -0.4 is 4.90 Å². The van der Waals surface area contributed by atoms with Gasteiger partial charge in [-0.05, 0) is 42.3 Å². The molecule has 0 aliphatic carbocycles. The fourth-order valence-corrected chi connectivity index (χ4v) is 4.38. The molecule has 0 radical (unpaired) electrons. The second-order valence-electron chi connectivity index (χ2n) is 7.69. The molecule has 2 bridgehead atoms. The van der Waals surface area contributed by atoms with Gasteiger partial charge in [-0.3, -0.25) is 4.79 Å². The molecule has 3 nitrogen and oxygen atoms in total. The number of carbonyl (C=O) groups is 1. The van der Waals surface area contributed by atoms with Crippen molar-refractivity contribution in [3.05, 3.63) is 83.3 Å². The van der Waals surface area contributed by atoms with Crippen LogP contribution in [0.4, 0.5) is 4.39 Å². The van der Waals surface area contributed by atoms with Crippen LogP contribution in [-0.4, -0.2) is 36.5 Å². The Bertz CT molecular complexity index is 831. The van der Waals surface area contributed by atoms with Crippen molar-refractivity contribution in [3.63, 3.8) is 0 Å². The molecule has 140 valence electrons. The molecule has 1 N–H and O–H groups in total. The van der Waals surface area contributed by atoms with E-state index in [2.05, 4.69) is 25.3 Å². The minimum atomic E-state index is -0.317. The van der Waals surface area contributed by atoms with Gasteiger partial charge in [-0.25, -0.2) is 4.39 Å². The quantitative estimate of drug-likeness (QED) is 0.866. The molecule has 27 heavy (non-hydrogen) atoms. The fraction of sp³-hybridized carbons (Fsp3) is 0.348. The number of fused-ring (bicyclic) bond motifs is 2. The first-order valence-corrected chi connectivity index (χ1v) is 9.77. The maximum Gasteiger partial charge on any atom is 0.258 e. The molecule has 1 amide bonds. The third kappa shape index (κ3) is 3.81. The minimum Gasteiger partial charge on any atom is -0.329 e. The Labute approximate surface area is 160 Å². The van der Waals surface area contributed by atoms with E-state index < -0.39 is 0 Å². The van der Waals surface area contributed by atoms with E-state index in [1.165, 1.54) is 30.5 Å². The van der Waals surface area contributed by atoms with Gasteiger partial charge in [0.25, 0.3) is 5.91 Å². The first-order valence-electron chi connectivity index (χ1n) is 9.77. The van der Waals surface area contributed by atoms with Crippen LogP contribution in [0.5, 0.6) is 0 Å². The average Bonchev–Trinajstić information content (AvgIpc) is 2.90. The van der Waals surface area contributed by atoms with Gasteiger partial charge in [0.15, 0.2) is 0 Å². The van der Waals surface area contributed by atoms with Gasteiger partial charge in [0.05, 0.1) is 13.1 Å². The second-order valence-corrected chi connectivity index (χ2v) is 7.69. The van der Waals surface area contributed by atoms with E-state index in [1.807, 2.05) is 23.1 Å². The van der Waals surface area contributed by atoms with E-state index in [9.17, 15) is 9.18 Å². The molecule has 2 heterocycles. The lowest BCUT2D eigenvalue weighted by molar-refractivity contribution is -0.912. The van der Waals surface area contributed by atoms with Crippen LogP contribution >= 0.6 is 0 Å². The third-order valence-corrected chi connectivity index (χ3v) is 6.05. The van der Waals surface area contributed by atoms with Gasteiger partial charge in [0.2, 0.25) is 0 Å². The number of benzene rings is 2. The van der Waals surface area contributed by atoms with E-state index in [-0.39, 0.29) is 11.7 Å². The Morgan fingerprint density at radius 3 is 2.56 bits per heavy atom. The number of likely N-dealkylation sites (N-methyl/N-ethyl adjacent to an activating group) is 1. The normalized spacial score (nSPS) is 23.8. The molecule has 2 aliphatic rings. The predicted molar refractivity (Wildman–Crippen MR) is 104 cm³/mol. The monoisotopic (exact) mass is 365 g/mol. The lowest BCUT2D eigenvalue weighted by atomic mass is 10.0. The first kappa shape index (κ1) is 17.9. The van der Waals surface area contributed by atoms with Crippen LogP contribution in [0, 0.1) is 5.82 Å². The molecule has 2 aromatic rings. The van der Waals surface area contributed by atoms with Gasteiger partial charge in [0.1, 0.15) is 11.9 Å². The largest absolute Gasteiger partial charge is 0.329 e. The molecule has 0 aromatic heterocycles. The van der Waals surface area contributed by atoms with Gasteiger partial charge in [-0.15, -0.1) is 0 Å². The molecule has 1 saturated heterocycles. The van der Waals surface area contributed by atoms with Crippen LogP contribution in [0.25, 0.3) is 0 Å². The summed E-state index contributed by atoms with van der Waals surface area (Å²) in [6.07, 6.45) is 6.45. The zero-order valence-corrected chi connectivity index (χ0v) is 15.7. The van der Waals surface area contributed by atoms with E-state index in [1.54, 1.807) is 17.0 Å². The van der Waals surface area contributed by atoms with Crippen molar-refractivity contribution in [2.75, 3.05) is 13.6 Å². The highest BCUT2D eigenvalue weighted by Gasteiger charge is 2.40.